The van der Waals surface area contributed by atoms with Crippen molar-refractivity contribution in [3.63, 3.8) is 0 Å². The highest BCUT2D eigenvalue weighted by Gasteiger charge is 2.40. The van der Waals surface area contributed by atoms with Crippen LogP contribution in [0.5, 0.6) is 0 Å². The topological polar surface area (TPSA) is 80.0 Å². The van der Waals surface area contributed by atoms with Gasteiger partial charge in [0.15, 0.2) is 0 Å². The van der Waals surface area contributed by atoms with Crippen LogP contribution in [0.3, 0.4) is 0 Å². The number of carbonyl (C=O) groups excluding carboxylic acids is 1. The third-order valence-corrected chi connectivity index (χ3v) is 6.51. The summed E-state index contributed by atoms with van der Waals surface area (Å²) < 4.78 is 0. The van der Waals surface area contributed by atoms with Crippen molar-refractivity contribution < 1.29 is 4.79 Å². The predicted octanol–water partition coefficient (Wildman–Crippen LogP) is 2.35. The Morgan fingerprint density at radius 2 is 2.08 bits per heavy atom. The molecule has 1 aliphatic rings. The molecule has 1 saturated heterocycles. The summed E-state index contributed by atoms with van der Waals surface area (Å²) in [5.41, 5.74) is 7.27. The minimum Gasteiger partial charge on any atom is -0.368 e. The van der Waals surface area contributed by atoms with E-state index in [4.69, 9.17) is 5.73 Å². The first-order valence-corrected chi connectivity index (χ1v) is 10.2. The van der Waals surface area contributed by atoms with E-state index in [9.17, 15) is 4.79 Å². The highest BCUT2D eigenvalue weighted by molar-refractivity contribution is 7.10. The van der Waals surface area contributed by atoms with Crippen molar-refractivity contribution in [2.45, 2.75) is 38.1 Å². The quantitative estimate of drug-likeness (QED) is 0.664. The van der Waals surface area contributed by atoms with Crippen LogP contribution in [-0.2, 0) is 16.8 Å². The average Bonchev–Trinajstić information content (AvgIpc) is 3.09. The zero-order valence-corrected chi connectivity index (χ0v) is 16.1. The molecule has 1 atom stereocenters. The van der Waals surface area contributed by atoms with Crippen LogP contribution in [0.15, 0.2) is 36.0 Å². The lowest BCUT2D eigenvalue weighted by molar-refractivity contribution is -0.124. The van der Waals surface area contributed by atoms with E-state index in [0.717, 1.165) is 42.1 Å². The molecule has 3 rings (SSSR count). The fourth-order valence-electron chi connectivity index (χ4n) is 3.79. The molecule has 1 amide bonds. The van der Waals surface area contributed by atoms with Gasteiger partial charge in [0.05, 0.1) is 0 Å². The van der Waals surface area contributed by atoms with Crippen LogP contribution in [0.1, 0.15) is 35.3 Å². The first-order valence-electron chi connectivity index (χ1n) is 9.31. The Labute approximate surface area is 159 Å². The molecule has 0 radical (unpaired) electrons. The van der Waals surface area contributed by atoms with Gasteiger partial charge in [-0.1, -0.05) is 0 Å². The van der Waals surface area contributed by atoms with E-state index in [0.29, 0.717) is 12.3 Å². The summed E-state index contributed by atoms with van der Waals surface area (Å²) in [4.78, 5) is 17.8. The second-order valence-electron chi connectivity index (χ2n) is 7.14. The molecule has 0 saturated carbocycles. The molecule has 0 bridgehead atoms. The Bertz CT molecular complexity index is 712. The van der Waals surface area contributed by atoms with E-state index in [1.54, 1.807) is 23.7 Å². The molecule has 0 aliphatic carbocycles. The molecular weight excluding hydrogens is 344 g/mol. The van der Waals surface area contributed by atoms with Crippen LogP contribution in [0.25, 0.3) is 0 Å². The van der Waals surface area contributed by atoms with E-state index in [1.165, 1.54) is 12.8 Å². The van der Waals surface area contributed by atoms with Crippen LogP contribution in [0.2, 0.25) is 0 Å². The number of hydrogen-bond acceptors (Lipinski definition) is 5. The van der Waals surface area contributed by atoms with Gasteiger partial charge in [-0.3, -0.25) is 15.1 Å². The molecule has 5 nitrogen and oxygen atoms in total. The van der Waals surface area contributed by atoms with Crippen molar-refractivity contribution in [3.05, 3.63) is 52.0 Å². The number of carbonyl (C=O) groups is 1. The summed E-state index contributed by atoms with van der Waals surface area (Å²) in [6, 6.07) is 5.96. The Morgan fingerprint density at radius 1 is 1.35 bits per heavy atom. The molecule has 0 aromatic carbocycles. The SMILES string of the molecule is Cc1ccsc1C(Cc1ccncc1)(NCCC1CCNCC1)C(N)=O. The molecule has 140 valence electrons. The van der Waals surface area contributed by atoms with E-state index >= 15 is 0 Å². The van der Waals surface area contributed by atoms with Gasteiger partial charge in [0.2, 0.25) is 5.91 Å². The zero-order chi connectivity index (χ0) is 18.4. The third kappa shape index (κ3) is 4.31. The van der Waals surface area contributed by atoms with Crippen molar-refractivity contribution in [2.24, 2.45) is 11.7 Å². The van der Waals surface area contributed by atoms with Gasteiger partial charge in [-0.2, -0.15) is 0 Å². The normalized spacial score (nSPS) is 17.7. The molecule has 1 fully saturated rings. The molecule has 2 aromatic heterocycles. The highest BCUT2D eigenvalue weighted by atomic mass is 32.1. The number of amides is 1. The molecule has 4 N–H and O–H groups in total. The smallest absolute Gasteiger partial charge is 0.243 e. The van der Waals surface area contributed by atoms with E-state index in [-0.39, 0.29) is 5.91 Å². The van der Waals surface area contributed by atoms with Crippen molar-refractivity contribution in [1.82, 2.24) is 15.6 Å². The highest BCUT2D eigenvalue weighted by Crippen LogP contribution is 2.33. The number of pyridine rings is 1. The number of rotatable bonds is 8. The fourth-order valence-corrected chi connectivity index (χ4v) is 4.89. The zero-order valence-electron chi connectivity index (χ0n) is 15.3. The number of nitrogens with zero attached hydrogens (tertiary/aromatic N) is 1. The number of thiophene rings is 1. The number of nitrogens with two attached hydrogens (primary N) is 1. The summed E-state index contributed by atoms with van der Waals surface area (Å²) in [5, 5.41) is 9.00. The van der Waals surface area contributed by atoms with Gasteiger partial charge in [-0.05, 0) is 86.4 Å². The van der Waals surface area contributed by atoms with Crippen LogP contribution in [0, 0.1) is 12.8 Å². The molecule has 1 unspecified atom stereocenters. The Kier molecular flexibility index (Phi) is 6.40. The van der Waals surface area contributed by atoms with Crippen molar-refractivity contribution in [1.29, 1.82) is 0 Å². The van der Waals surface area contributed by atoms with Gasteiger partial charge in [-0.25, -0.2) is 0 Å². The minimum absolute atomic E-state index is 0.315. The summed E-state index contributed by atoms with van der Waals surface area (Å²) in [7, 11) is 0. The first kappa shape index (κ1) is 19.0. The van der Waals surface area contributed by atoms with Crippen LogP contribution in [-0.4, -0.2) is 30.5 Å². The summed E-state index contributed by atoms with van der Waals surface area (Å²) >= 11 is 1.60. The number of primary amides is 1. The lowest BCUT2D eigenvalue weighted by Gasteiger charge is -2.33. The number of aryl methyl sites for hydroxylation is 1. The van der Waals surface area contributed by atoms with E-state index in [1.807, 2.05) is 24.4 Å². The van der Waals surface area contributed by atoms with E-state index < -0.39 is 5.54 Å². The van der Waals surface area contributed by atoms with Crippen molar-refractivity contribution in [2.75, 3.05) is 19.6 Å². The van der Waals surface area contributed by atoms with Gasteiger partial charge >= 0.3 is 0 Å². The summed E-state index contributed by atoms with van der Waals surface area (Å²) in [6.45, 7) is 5.01. The second-order valence-corrected chi connectivity index (χ2v) is 8.06. The average molecular weight is 373 g/mol. The maximum atomic E-state index is 12.7. The van der Waals surface area contributed by atoms with Crippen molar-refractivity contribution in [3.8, 4) is 0 Å². The van der Waals surface area contributed by atoms with Crippen molar-refractivity contribution >= 4 is 17.2 Å². The molecular formula is C20H28N4OS. The second kappa shape index (κ2) is 8.75. The van der Waals surface area contributed by atoms with Gasteiger partial charge in [0, 0.05) is 23.7 Å². The Balaban J connectivity index is 1.82. The minimum atomic E-state index is -0.869. The lowest BCUT2D eigenvalue weighted by atomic mass is 9.86. The molecule has 1 aliphatic heterocycles. The van der Waals surface area contributed by atoms with Gasteiger partial charge in [-0.15, -0.1) is 11.3 Å². The Morgan fingerprint density at radius 3 is 2.69 bits per heavy atom. The Hall–Kier alpha value is -1.76. The molecule has 6 heteroatoms. The third-order valence-electron chi connectivity index (χ3n) is 5.33. The van der Waals surface area contributed by atoms with Crippen LogP contribution in [0.4, 0.5) is 0 Å². The van der Waals surface area contributed by atoms with Gasteiger partial charge in [0.1, 0.15) is 5.54 Å². The maximum absolute atomic E-state index is 12.7. The number of nitrogens with one attached hydrogen (secondary N) is 2. The predicted molar refractivity (Wildman–Crippen MR) is 106 cm³/mol. The van der Waals surface area contributed by atoms with E-state index in [2.05, 4.69) is 21.7 Å². The fraction of sp³-hybridized carbons (Fsp3) is 0.500. The number of hydrogen-bond donors (Lipinski definition) is 3. The summed E-state index contributed by atoms with van der Waals surface area (Å²) in [6.07, 6.45) is 7.53. The van der Waals surface area contributed by atoms with Crippen LogP contribution < -0.4 is 16.4 Å². The maximum Gasteiger partial charge on any atom is 0.243 e. The van der Waals surface area contributed by atoms with Crippen LogP contribution >= 0.6 is 11.3 Å². The number of aromatic nitrogens is 1. The molecule has 0 spiro atoms. The largest absolute Gasteiger partial charge is 0.368 e. The van der Waals surface area contributed by atoms with Gasteiger partial charge in [0.25, 0.3) is 0 Å². The molecule has 3 heterocycles. The number of piperidine rings is 1. The van der Waals surface area contributed by atoms with Gasteiger partial charge < -0.3 is 11.1 Å². The molecule has 26 heavy (non-hydrogen) atoms. The lowest BCUT2D eigenvalue weighted by Crippen LogP contribution is -2.54. The monoisotopic (exact) mass is 372 g/mol. The first-order chi connectivity index (χ1) is 12.6. The standard InChI is InChI=1S/C20H28N4OS/c1-15-7-13-26-18(15)20(19(21)25,14-17-4-10-23-11-5-17)24-12-6-16-2-8-22-9-3-16/h4-5,7,10-11,13,16,22,24H,2-3,6,8-9,12,14H2,1H3,(H2,21,25). The summed E-state index contributed by atoms with van der Waals surface area (Å²) in [5.74, 6) is 0.393. The molecule has 2 aromatic rings.